The van der Waals surface area contributed by atoms with Gasteiger partial charge in [-0.2, -0.15) is 0 Å². The van der Waals surface area contributed by atoms with Crippen LogP contribution in [-0.4, -0.2) is 48.8 Å². The molecule has 0 aromatic carbocycles. The van der Waals surface area contributed by atoms with Gasteiger partial charge in [-0.05, 0) is 13.0 Å². The van der Waals surface area contributed by atoms with Crippen LogP contribution < -0.4 is 16.0 Å². The van der Waals surface area contributed by atoms with E-state index in [-0.39, 0.29) is 12.1 Å². The summed E-state index contributed by atoms with van der Waals surface area (Å²) in [5, 5.41) is 8.45. The predicted octanol–water partition coefficient (Wildman–Crippen LogP) is 0.223. The molecule has 0 aliphatic heterocycles. The van der Waals surface area contributed by atoms with E-state index in [1.165, 1.54) is 0 Å². The second-order valence-corrected chi connectivity index (χ2v) is 3.76. The average Bonchev–Trinajstić information content (AvgIpc) is 2.36. The minimum Gasteiger partial charge on any atom is -0.383 e. The number of anilines is 1. The molecule has 1 aromatic rings. The van der Waals surface area contributed by atoms with E-state index in [4.69, 9.17) is 4.74 Å². The molecule has 0 aliphatic rings. The van der Waals surface area contributed by atoms with Crippen molar-refractivity contribution in [1.82, 2.24) is 20.6 Å². The Hall–Kier alpha value is -1.89. The van der Waals surface area contributed by atoms with Gasteiger partial charge in [0.15, 0.2) is 0 Å². The SMILES string of the molecule is COCC(C)NC(=O)NCCNc1ncccn1. The van der Waals surface area contributed by atoms with E-state index in [9.17, 15) is 4.79 Å². The maximum Gasteiger partial charge on any atom is 0.315 e. The van der Waals surface area contributed by atoms with Crippen LogP contribution in [0.2, 0.25) is 0 Å². The highest BCUT2D eigenvalue weighted by molar-refractivity contribution is 5.74. The van der Waals surface area contributed by atoms with E-state index >= 15 is 0 Å². The maximum absolute atomic E-state index is 11.4. The van der Waals surface area contributed by atoms with Crippen molar-refractivity contribution in [2.75, 3.05) is 32.1 Å². The summed E-state index contributed by atoms with van der Waals surface area (Å²) >= 11 is 0. The molecule has 1 aromatic heterocycles. The van der Waals surface area contributed by atoms with Crippen molar-refractivity contribution in [3.8, 4) is 0 Å². The Morgan fingerprint density at radius 2 is 2.11 bits per heavy atom. The summed E-state index contributed by atoms with van der Waals surface area (Å²) in [7, 11) is 1.60. The second kappa shape index (κ2) is 8.24. The molecule has 0 saturated heterocycles. The van der Waals surface area contributed by atoms with Gasteiger partial charge in [0.05, 0.1) is 12.6 Å². The summed E-state index contributed by atoms with van der Waals surface area (Å²) in [6.07, 6.45) is 3.31. The fourth-order valence-electron chi connectivity index (χ4n) is 1.31. The van der Waals surface area contributed by atoms with Crippen molar-refractivity contribution < 1.29 is 9.53 Å². The molecular weight excluding hydrogens is 234 g/mol. The smallest absolute Gasteiger partial charge is 0.315 e. The topological polar surface area (TPSA) is 88.2 Å². The van der Waals surface area contributed by atoms with Crippen LogP contribution in [0.5, 0.6) is 0 Å². The molecule has 1 heterocycles. The van der Waals surface area contributed by atoms with Crippen molar-refractivity contribution in [3.05, 3.63) is 18.5 Å². The van der Waals surface area contributed by atoms with Gasteiger partial charge in [-0.25, -0.2) is 14.8 Å². The van der Waals surface area contributed by atoms with Crippen LogP contribution in [0.1, 0.15) is 6.92 Å². The average molecular weight is 253 g/mol. The number of ether oxygens (including phenoxy) is 1. The first-order chi connectivity index (χ1) is 8.72. The lowest BCUT2D eigenvalue weighted by atomic mass is 10.4. The number of urea groups is 1. The van der Waals surface area contributed by atoms with Crippen LogP contribution in [0.25, 0.3) is 0 Å². The van der Waals surface area contributed by atoms with Crippen molar-refractivity contribution >= 4 is 12.0 Å². The van der Waals surface area contributed by atoms with E-state index in [0.717, 1.165) is 0 Å². The van der Waals surface area contributed by atoms with E-state index in [0.29, 0.717) is 25.6 Å². The van der Waals surface area contributed by atoms with Crippen molar-refractivity contribution in [2.45, 2.75) is 13.0 Å². The summed E-state index contributed by atoms with van der Waals surface area (Å²) in [6.45, 7) is 3.42. The molecule has 0 spiro atoms. The number of amides is 2. The molecule has 2 amide bonds. The Kier molecular flexibility index (Phi) is 6.49. The third-order valence-electron chi connectivity index (χ3n) is 2.05. The molecule has 1 rings (SSSR count). The molecule has 0 fully saturated rings. The number of methoxy groups -OCH3 is 1. The summed E-state index contributed by atoms with van der Waals surface area (Å²) in [5.74, 6) is 0.549. The third-order valence-corrected chi connectivity index (χ3v) is 2.05. The Morgan fingerprint density at radius 3 is 2.78 bits per heavy atom. The molecule has 0 aliphatic carbocycles. The zero-order valence-electron chi connectivity index (χ0n) is 10.6. The molecule has 1 atom stereocenters. The summed E-state index contributed by atoms with van der Waals surface area (Å²) in [4.78, 5) is 19.4. The van der Waals surface area contributed by atoms with Gasteiger partial charge in [0.2, 0.25) is 5.95 Å². The molecule has 7 heteroatoms. The maximum atomic E-state index is 11.4. The second-order valence-electron chi connectivity index (χ2n) is 3.76. The first kappa shape index (κ1) is 14.2. The minimum absolute atomic E-state index is 0.0135. The molecule has 1 unspecified atom stereocenters. The summed E-state index contributed by atoms with van der Waals surface area (Å²) in [6, 6.07) is 1.52. The molecule has 18 heavy (non-hydrogen) atoms. The quantitative estimate of drug-likeness (QED) is 0.605. The first-order valence-electron chi connectivity index (χ1n) is 5.76. The van der Waals surface area contributed by atoms with Gasteiger partial charge in [-0.3, -0.25) is 0 Å². The van der Waals surface area contributed by atoms with Gasteiger partial charge >= 0.3 is 6.03 Å². The largest absolute Gasteiger partial charge is 0.383 e. The lowest BCUT2D eigenvalue weighted by molar-refractivity contribution is 0.171. The third kappa shape index (κ3) is 6.00. The molecule has 7 nitrogen and oxygen atoms in total. The summed E-state index contributed by atoms with van der Waals surface area (Å²) < 4.78 is 4.92. The van der Waals surface area contributed by atoms with Crippen LogP contribution in [0.15, 0.2) is 18.5 Å². The van der Waals surface area contributed by atoms with Gasteiger partial charge in [-0.15, -0.1) is 0 Å². The Bertz CT molecular complexity index is 347. The number of rotatable bonds is 7. The van der Waals surface area contributed by atoms with Crippen LogP contribution >= 0.6 is 0 Å². The predicted molar refractivity (Wildman–Crippen MR) is 68.4 cm³/mol. The highest BCUT2D eigenvalue weighted by atomic mass is 16.5. The van der Waals surface area contributed by atoms with E-state index in [2.05, 4.69) is 25.9 Å². The number of carbonyl (C=O) groups excluding carboxylic acids is 1. The Morgan fingerprint density at radius 1 is 1.39 bits per heavy atom. The zero-order valence-corrected chi connectivity index (χ0v) is 10.6. The van der Waals surface area contributed by atoms with Gasteiger partial charge in [-0.1, -0.05) is 0 Å². The molecular formula is C11H19N5O2. The standard InChI is InChI=1S/C11H19N5O2/c1-9(8-18-2)16-11(17)15-7-6-14-10-12-4-3-5-13-10/h3-5,9H,6-8H2,1-2H3,(H,12,13,14)(H2,15,16,17). The highest BCUT2D eigenvalue weighted by Gasteiger charge is 2.05. The van der Waals surface area contributed by atoms with Crippen molar-refractivity contribution in [1.29, 1.82) is 0 Å². The minimum atomic E-state index is -0.213. The fourth-order valence-corrected chi connectivity index (χ4v) is 1.31. The van der Waals surface area contributed by atoms with Crippen LogP contribution in [-0.2, 0) is 4.74 Å². The van der Waals surface area contributed by atoms with Crippen LogP contribution in [0.4, 0.5) is 10.7 Å². The van der Waals surface area contributed by atoms with E-state index < -0.39 is 0 Å². The lowest BCUT2D eigenvalue weighted by Crippen LogP contribution is -2.43. The van der Waals surface area contributed by atoms with Crippen LogP contribution in [0, 0.1) is 0 Å². The Balaban J connectivity index is 2.09. The molecule has 0 bridgehead atoms. The summed E-state index contributed by atoms with van der Waals surface area (Å²) in [5.41, 5.74) is 0. The normalized spacial score (nSPS) is 11.7. The molecule has 0 radical (unpaired) electrons. The van der Waals surface area contributed by atoms with Crippen molar-refractivity contribution in [3.63, 3.8) is 0 Å². The number of hydrogen-bond acceptors (Lipinski definition) is 5. The van der Waals surface area contributed by atoms with Gasteiger partial charge in [0.25, 0.3) is 0 Å². The monoisotopic (exact) mass is 253 g/mol. The highest BCUT2D eigenvalue weighted by Crippen LogP contribution is 1.91. The van der Waals surface area contributed by atoms with Gasteiger partial charge < -0.3 is 20.7 Å². The lowest BCUT2D eigenvalue weighted by Gasteiger charge is -2.13. The van der Waals surface area contributed by atoms with Crippen LogP contribution in [0.3, 0.4) is 0 Å². The van der Waals surface area contributed by atoms with E-state index in [1.54, 1.807) is 25.6 Å². The number of nitrogens with zero attached hydrogens (tertiary/aromatic N) is 2. The molecule has 0 saturated carbocycles. The Labute approximate surface area is 106 Å². The number of carbonyl (C=O) groups is 1. The number of aromatic nitrogens is 2. The molecule has 3 N–H and O–H groups in total. The van der Waals surface area contributed by atoms with Crippen molar-refractivity contribution in [2.24, 2.45) is 0 Å². The number of hydrogen-bond donors (Lipinski definition) is 3. The number of nitrogens with one attached hydrogen (secondary N) is 3. The van der Waals surface area contributed by atoms with E-state index in [1.807, 2.05) is 6.92 Å². The fraction of sp³-hybridized carbons (Fsp3) is 0.545. The molecule has 100 valence electrons. The van der Waals surface area contributed by atoms with Gasteiger partial charge in [0, 0.05) is 32.6 Å². The van der Waals surface area contributed by atoms with Gasteiger partial charge in [0.1, 0.15) is 0 Å². The first-order valence-corrected chi connectivity index (χ1v) is 5.76. The zero-order chi connectivity index (χ0) is 13.2.